The van der Waals surface area contributed by atoms with Gasteiger partial charge in [0, 0.05) is 12.4 Å². The minimum atomic E-state index is -5.03. The van der Waals surface area contributed by atoms with Crippen molar-refractivity contribution in [3.8, 4) is 5.75 Å². The van der Waals surface area contributed by atoms with E-state index in [1.165, 1.54) is 0 Å². The second-order valence-corrected chi connectivity index (χ2v) is 4.56. The third-order valence-electron chi connectivity index (χ3n) is 2.89. The lowest BCUT2D eigenvalue weighted by Crippen LogP contribution is -2.12. The van der Waals surface area contributed by atoms with Crippen LogP contribution in [0.5, 0.6) is 5.75 Å². The van der Waals surface area contributed by atoms with Gasteiger partial charge in [0.05, 0.1) is 11.1 Å². The summed E-state index contributed by atoms with van der Waals surface area (Å²) in [6.45, 7) is -3.70. The highest BCUT2D eigenvalue weighted by molar-refractivity contribution is 5.37. The fourth-order valence-corrected chi connectivity index (χ4v) is 1.79. The molecule has 0 aliphatic heterocycles. The van der Waals surface area contributed by atoms with E-state index in [0.29, 0.717) is 16.7 Å². The van der Waals surface area contributed by atoms with Crippen LogP contribution in [-0.2, 0) is 19.0 Å². The lowest BCUT2D eigenvalue weighted by Gasteiger charge is -2.15. The first-order valence-electron chi connectivity index (χ1n) is 6.20. The molecule has 0 aliphatic rings. The number of nitrogens with zero attached hydrogens (tertiary/aromatic N) is 2. The Kier molecular flexibility index (Phi) is 4.72. The number of alkyl halides is 8. The Bertz CT molecular complexity index is 672. The van der Waals surface area contributed by atoms with Gasteiger partial charge in [-0.2, -0.15) is 35.1 Å². The molecule has 0 atom stereocenters. The zero-order chi connectivity index (χ0) is 18.1. The second-order valence-electron chi connectivity index (χ2n) is 4.56. The fourth-order valence-electron chi connectivity index (χ4n) is 1.79. The monoisotopic (exact) mass is 360 g/mol. The molecule has 0 N–H and O–H groups in total. The lowest BCUT2D eigenvalue weighted by atomic mass is 10.1. The van der Waals surface area contributed by atoms with E-state index in [1.54, 1.807) is 0 Å². The van der Waals surface area contributed by atoms with Gasteiger partial charge >= 0.3 is 18.9 Å². The van der Waals surface area contributed by atoms with Crippen LogP contribution in [0.25, 0.3) is 0 Å². The van der Waals surface area contributed by atoms with Crippen LogP contribution in [0.3, 0.4) is 0 Å². The Balaban J connectivity index is 2.31. The molecule has 2 rings (SSSR count). The Morgan fingerprint density at radius 2 is 1.50 bits per heavy atom. The van der Waals surface area contributed by atoms with Crippen molar-refractivity contribution in [1.82, 2.24) is 9.55 Å². The van der Waals surface area contributed by atoms with Crippen molar-refractivity contribution >= 4 is 0 Å². The summed E-state index contributed by atoms with van der Waals surface area (Å²) in [5.74, 6) is -1.11. The summed E-state index contributed by atoms with van der Waals surface area (Å²) < 4.78 is 106. The molecule has 1 aromatic heterocycles. The Hall–Kier alpha value is -2.33. The van der Waals surface area contributed by atoms with Gasteiger partial charge in [-0.15, -0.1) is 0 Å². The minimum absolute atomic E-state index is 0.0625. The topological polar surface area (TPSA) is 27.1 Å². The van der Waals surface area contributed by atoms with Gasteiger partial charge in [0.1, 0.15) is 12.4 Å². The Morgan fingerprint density at radius 3 is 1.96 bits per heavy atom. The molecule has 24 heavy (non-hydrogen) atoms. The molecule has 3 nitrogen and oxygen atoms in total. The first kappa shape index (κ1) is 18.0. The normalized spacial score (nSPS) is 12.7. The molecule has 0 saturated carbocycles. The van der Waals surface area contributed by atoms with Crippen molar-refractivity contribution in [2.45, 2.75) is 25.5 Å². The summed E-state index contributed by atoms with van der Waals surface area (Å²) in [7, 11) is 0. The summed E-state index contributed by atoms with van der Waals surface area (Å²) in [6, 6.07) is 0.642. The molecule has 0 amide bonds. The van der Waals surface area contributed by atoms with Crippen molar-refractivity contribution in [2.24, 2.45) is 0 Å². The molecular weight excluding hydrogens is 352 g/mol. The molecule has 0 saturated heterocycles. The summed E-state index contributed by atoms with van der Waals surface area (Å²) in [5, 5.41) is 0. The second kappa shape index (κ2) is 6.29. The molecule has 0 unspecified atom stereocenters. The molecule has 2 aromatic rings. The third kappa shape index (κ3) is 4.15. The van der Waals surface area contributed by atoms with Crippen LogP contribution >= 0.6 is 0 Å². The number of rotatable bonds is 4. The van der Waals surface area contributed by atoms with Gasteiger partial charge in [-0.1, -0.05) is 0 Å². The maximum absolute atomic E-state index is 12.7. The van der Waals surface area contributed by atoms with E-state index in [0.717, 1.165) is 12.4 Å². The molecule has 11 heteroatoms. The van der Waals surface area contributed by atoms with Crippen LogP contribution in [0.2, 0.25) is 0 Å². The highest BCUT2D eigenvalue weighted by Crippen LogP contribution is 2.38. The molecule has 0 radical (unpaired) electrons. The Labute approximate surface area is 129 Å². The molecule has 0 fully saturated rings. The predicted octanol–water partition coefficient (Wildman–Crippen LogP) is 4.89. The zero-order valence-corrected chi connectivity index (χ0v) is 11.5. The highest BCUT2D eigenvalue weighted by atomic mass is 19.4. The predicted molar refractivity (Wildman–Crippen MR) is 64.3 cm³/mol. The number of halogens is 8. The van der Waals surface area contributed by atoms with E-state index in [4.69, 9.17) is 4.74 Å². The molecule has 1 aromatic carbocycles. The number of benzene rings is 1. The fraction of sp³-hybridized carbons (Fsp3) is 0.308. The van der Waals surface area contributed by atoms with Gasteiger partial charge in [0.15, 0.2) is 5.82 Å². The number of ether oxygens (including phenoxy) is 1. The number of aromatic nitrogens is 2. The Morgan fingerprint density at radius 1 is 0.958 bits per heavy atom. The van der Waals surface area contributed by atoms with Crippen LogP contribution in [0, 0.1) is 0 Å². The van der Waals surface area contributed by atoms with Crippen molar-refractivity contribution in [1.29, 1.82) is 0 Å². The van der Waals surface area contributed by atoms with Crippen LogP contribution in [0.1, 0.15) is 23.5 Å². The van der Waals surface area contributed by atoms with Gasteiger partial charge in [-0.3, -0.25) is 4.57 Å². The van der Waals surface area contributed by atoms with Gasteiger partial charge in [0.25, 0.3) is 0 Å². The largest absolute Gasteiger partial charge is 0.486 e. The molecule has 0 bridgehead atoms. The van der Waals surface area contributed by atoms with Crippen LogP contribution < -0.4 is 4.74 Å². The number of imidazole rings is 1. The molecule has 1 heterocycles. The quantitative estimate of drug-likeness (QED) is 0.726. The van der Waals surface area contributed by atoms with Gasteiger partial charge < -0.3 is 4.74 Å². The standard InChI is InChI=1S/C13H8F8N2O/c14-11(15)23-2-1-22-10(23)6-24-9-4-7(12(16,17)18)3-8(5-9)13(19,20)21/h1-5,11H,6H2. The zero-order valence-electron chi connectivity index (χ0n) is 11.5. The van der Waals surface area contributed by atoms with Gasteiger partial charge in [-0.05, 0) is 18.2 Å². The first-order valence-corrected chi connectivity index (χ1v) is 6.20. The van der Waals surface area contributed by atoms with Gasteiger partial charge in [0.2, 0.25) is 0 Å². The maximum atomic E-state index is 12.7. The van der Waals surface area contributed by atoms with E-state index in [9.17, 15) is 35.1 Å². The number of hydrogen-bond donors (Lipinski definition) is 0. The number of hydrogen-bond acceptors (Lipinski definition) is 2. The van der Waals surface area contributed by atoms with Crippen molar-refractivity contribution in [3.63, 3.8) is 0 Å². The summed E-state index contributed by atoms with van der Waals surface area (Å²) >= 11 is 0. The van der Waals surface area contributed by atoms with Crippen molar-refractivity contribution in [2.75, 3.05) is 0 Å². The highest BCUT2D eigenvalue weighted by Gasteiger charge is 2.37. The minimum Gasteiger partial charge on any atom is -0.486 e. The SMILES string of the molecule is FC(F)n1ccnc1COc1cc(C(F)(F)F)cc(C(F)(F)F)c1. The van der Waals surface area contributed by atoms with E-state index < -0.39 is 42.4 Å². The van der Waals surface area contributed by atoms with Crippen LogP contribution in [0.4, 0.5) is 35.1 Å². The van der Waals surface area contributed by atoms with E-state index in [-0.39, 0.29) is 11.9 Å². The van der Waals surface area contributed by atoms with Crippen molar-refractivity contribution in [3.05, 3.63) is 47.5 Å². The van der Waals surface area contributed by atoms with E-state index in [2.05, 4.69) is 4.98 Å². The van der Waals surface area contributed by atoms with Crippen molar-refractivity contribution < 1.29 is 39.9 Å². The summed E-state index contributed by atoms with van der Waals surface area (Å²) in [5.41, 5.74) is -3.13. The maximum Gasteiger partial charge on any atom is 0.416 e. The summed E-state index contributed by atoms with van der Waals surface area (Å²) in [4.78, 5) is 3.51. The van der Waals surface area contributed by atoms with E-state index in [1.807, 2.05) is 0 Å². The molecule has 0 spiro atoms. The third-order valence-corrected chi connectivity index (χ3v) is 2.89. The average molecular weight is 360 g/mol. The summed E-state index contributed by atoms with van der Waals surface area (Å²) in [6.07, 6.45) is -8.16. The molecular formula is C13H8F8N2O. The van der Waals surface area contributed by atoms with Crippen LogP contribution in [-0.4, -0.2) is 9.55 Å². The average Bonchev–Trinajstić information content (AvgIpc) is 2.91. The molecule has 0 aliphatic carbocycles. The molecule has 132 valence electrons. The van der Waals surface area contributed by atoms with E-state index >= 15 is 0 Å². The van der Waals surface area contributed by atoms with Crippen LogP contribution in [0.15, 0.2) is 30.6 Å². The smallest absolute Gasteiger partial charge is 0.416 e. The van der Waals surface area contributed by atoms with Gasteiger partial charge in [-0.25, -0.2) is 4.98 Å². The first-order chi connectivity index (χ1) is 11.0. The lowest BCUT2D eigenvalue weighted by molar-refractivity contribution is -0.143.